The SMILES string of the molecule is CCCCC/C=C\C/C=C\C/C=C\C/C=C\C/C=C\CCC(=O)OC[C@H](COP(=O)(O)OC[C@@H](O)COP(=O)(O)OC[C@@H](COC(=O)CCCCCCC/C=C\CCCCCC)OC(=O)CCCCCCC/C=C\CCCCCC)OC(=O)CCCCCCCCCCCCCCC. The molecule has 0 aromatic rings. The highest BCUT2D eigenvalue weighted by Gasteiger charge is 2.30. The van der Waals surface area contributed by atoms with Gasteiger partial charge in [0.2, 0.25) is 0 Å². The summed E-state index contributed by atoms with van der Waals surface area (Å²) >= 11 is 0. The van der Waals surface area contributed by atoms with Crippen LogP contribution in [0, 0.1) is 0 Å². The van der Waals surface area contributed by atoms with Crippen LogP contribution in [-0.2, 0) is 65.4 Å². The fourth-order valence-electron chi connectivity index (χ4n) is 10.4. The molecule has 0 saturated heterocycles. The summed E-state index contributed by atoms with van der Waals surface area (Å²) in [6, 6.07) is 0. The molecule has 2 unspecified atom stereocenters. The zero-order valence-corrected chi connectivity index (χ0v) is 63.7. The fraction of sp³-hybridized carbons (Fsp3) is 0.772. The van der Waals surface area contributed by atoms with E-state index in [-0.39, 0.29) is 25.7 Å². The predicted octanol–water partition coefficient (Wildman–Crippen LogP) is 22.2. The molecule has 0 saturated carbocycles. The lowest BCUT2D eigenvalue weighted by Crippen LogP contribution is -2.30. The van der Waals surface area contributed by atoms with Gasteiger partial charge in [-0.1, -0.05) is 280 Å². The van der Waals surface area contributed by atoms with E-state index in [1.54, 1.807) is 0 Å². The van der Waals surface area contributed by atoms with Gasteiger partial charge in [0, 0.05) is 25.7 Å². The third-order valence-electron chi connectivity index (χ3n) is 16.3. The zero-order chi connectivity index (χ0) is 71.8. The number of rotatable bonds is 73. The number of carbonyl (C=O) groups excluding carboxylic acids is 4. The molecule has 0 spiro atoms. The molecule has 0 aromatic heterocycles. The molecule has 0 rings (SSSR count). The van der Waals surface area contributed by atoms with Crippen molar-refractivity contribution < 1.29 is 80.2 Å². The molecule has 19 heteroatoms. The van der Waals surface area contributed by atoms with E-state index in [0.717, 1.165) is 128 Å². The number of aliphatic hydroxyl groups excluding tert-OH is 1. The molecule has 5 atom stereocenters. The highest BCUT2D eigenvalue weighted by Crippen LogP contribution is 2.45. The quantitative estimate of drug-likeness (QED) is 0.0169. The van der Waals surface area contributed by atoms with Crippen LogP contribution in [0.4, 0.5) is 0 Å². The van der Waals surface area contributed by atoms with Gasteiger partial charge in [-0.25, -0.2) is 9.13 Å². The number of phosphoric ester groups is 2. The molecule has 0 aromatic carbocycles. The van der Waals surface area contributed by atoms with Crippen LogP contribution in [0.25, 0.3) is 0 Å². The van der Waals surface area contributed by atoms with E-state index >= 15 is 0 Å². The largest absolute Gasteiger partial charge is 0.472 e. The van der Waals surface area contributed by atoms with Gasteiger partial charge in [0.25, 0.3) is 0 Å². The predicted molar refractivity (Wildman–Crippen MR) is 399 cm³/mol. The molecule has 0 radical (unpaired) electrons. The lowest BCUT2D eigenvalue weighted by Gasteiger charge is -2.21. The average molecular weight is 1420 g/mol. The van der Waals surface area contributed by atoms with Crippen molar-refractivity contribution in [2.45, 2.75) is 354 Å². The molecule has 0 heterocycles. The maximum Gasteiger partial charge on any atom is 0.472 e. The van der Waals surface area contributed by atoms with Crippen molar-refractivity contribution >= 4 is 39.5 Å². The summed E-state index contributed by atoms with van der Waals surface area (Å²) in [5, 5.41) is 10.6. The van der Waals surface area contributed by atoms with Crippen molar-refractivity contribution in [3.63, 3.8) is 0 Å². The van der Waals surface area contributed by atoms with E-state index in [2.05, 4.69) is 101 Å². The van der Waals surface area contributed by atoms with Gasteiger partial charge in [0.15, 0.2) is 12.2 Å². The first kappa shape index (κ1) is 94.2. The first-order valence-corrected chi connectivity index (χ1v) is 41.8. The van der Waals surface area contributed by atoms with Gasteiger partial charge in [-0.15, -0.1) is 0 Å². The number of phosphoric acid groups is 2. The summed E-state index contributed by atoms with van der Waals surface area (Å²) in [4.78, 5) is 72.8. The maximum atomic E-state index is 13.1. The molecule has 0 aliphatic rings. The van der Waals surface area contributed by atoms with E-state index in [1.165, 1.54) is 122 Å². The van der Waals surface area contributed by atoms with Crippen molar-refractivity contribution in [1.29, 1.82) is 0 Å². The molecule has 0 aliphatic heterocycles. The number of esters is 4. The average Bonchev–Trinajstić information content (AvgIpc) is 0.966. The summed E-state index contributed by atoms with van der Waals surface area (Å²) in [6.45, 7) is 4.75. The highest BCUT2D eigenvalue weighted by atomic mass is 31.2. The minimum atomic E-state index is -4.98. The number of allylic oxidation sites excluding steroid dienone is 14. The summed E-state index contributed by atoms with van der Waals surface area (Å²) in [7, 11) is -9.96. The lowest BCUT2D eigenvalue weighted by molar-refractivity contribution is -0.161. The third-order valence-corrected chi connectivity index (χ3v) is 18.2. The van der Waals surface area contributed by atoms with Crippen LogP contribution in [0.3, 0.4) is 0 Å². The zero-order valence-electron chi connectivity index (χ0n) is 62.0. The minimum absolute atomic E-state index is 0.0407. The molecule has 0 bridgehead atoms. The number of hydrogen-bond acceptors (Lipinski definition) is 15. The van der Waals surface area contributed by atoms with Crippen LogP contribution in [0.1, 0.15) is 336 Å². The highest BCUT2D eigenvalue weighted by molar-refractivity contribution is 7.47. The number of ether oxygens (including phenoxy) is 4. The van der Waals surface area contributed by atoms with Crippen LogP contribution in [0.5, 0.6) is 0 Å². The number of aliphatic hydroxyl groups is 1. The first-order chi connectivity index (χ1) is 47.7. The number of hydrogen-bond donors (Lipinski definition) is 3. The molecule has 3 N–H and O–H groups in total. The fourth-order valence-corrected chi connectivity index (χ4v) is 11.9. The number of unbranched alkanes of at least 4 members (excludes halogenated alkanes) is 33. The van der Waals surface area contributed by atoms with Crippen LogP contribution in [0.15, 0.2) is 85.1 Å². The van der Waals surface area contributed by atoms with Gasteiger partial charge in [-0.3, -0.25) is 37.3 Å². The van der Waals surface area contributed by atoms with Crippen molar-refractivity contribution in [2.75, 3.05) is 39.6 Å². The van der Waals surface area contributed by atoms with Crippen LogP contribution in [0.2, 0.25) is 0 Å². The maximum absolute atomic E-state index is 13.1. The Kier molecular flexibility index (Phi) is 68.9. The van der Waals surface area contributed by atoms with E-state index in [9.17, 15) is 43.2 Å². The summed E-state index contributed by atoms with van der Waals surface area (Å²) in [5.74, 6) is -2.27. The topological polar surface area (TPSA) is 237 Å². The minimum Gasteiger partial charge on any atom is -0.462 e. The second kappa shape index (κ2) is 71.6. The van der Waals surface area contributed by atoms with Gasteiger partial charge in [0.05, 0.1) is 26.4 Å². The molecule has 0 amide bonds. The van der Waals surface area contributed by atoms with Crippen molar-refractivity contribution in [3.05, 3.63) is 85.1 Å². The Morgan fingerprint density at radius 2 is 0.520 bits per heavy atom. The summed E-state index contributed by atoms with van der Waals surface area (Å²) < 4.78 is 68.4. The van der Waals surface area contributed by atoms with Crippen molar-refractivity contribution in [3.8, 4) is 0 Å². The Morgan fingerprint density at radius 1 is 0.286 bits per heavy atom. The normalized spacial score (nSPS) is 14.4. The number of carbonyl (C=O) groups is 4. The Balaban J connectivity index is 5.38. The van der Waals surface area contributed by atoms with Crippen LogP contribution in [-0.4, -0.2) is 96.7 Å². The van der Waals surface area contributed by atoms with E-state index in [0.29, 0.717) is 32.1 Å². The summed E-state index contributed by atoms with van der Waals surface area (Å²) in [6.07, 6.45) is 73.0. The molecule has 17 nitrogen and oxygen atoms in total. The van der Waals surface area contributed by atoms with Crippen LogP contribution < -0.4 is 0 Å². The van der Waals surface area contributed by atoms with Gasteiger partial charge in [-0.05, 0) is 116 Å². The van der Waals surface area contributed by atoms with E-state index in [4.69, 9.17) is 37.0 Å². The first-order valence-electron chi connectivity index (χ1n) is 38.8. The Bertz CT molecular complexity index is 2190. The Hall–Kier alpha value is -3.76. The Morgan fingerprint density at radius 3 is 0.867 bits per heavy atom. The van der Waals surface area contributed by atoms with E-state index < -0.39 is 97.5 Å². The van der Waals surface area contributed by atoms with Crippen molar-refractivity contribution in [2.24, 2.45) is 0 Å². The van der Waals surface area contributed by atoms with E-state index in [1.807, 2.05) is 12.2 Å². The van der Waals surface area contributed by atoms with Crippen molar-refractivity contribution in [1.82, 2.24) is 0 Å². The van der Waals surface area contributed by atoms with Gasteiger partial charge >= 0.3 is 39.5 Å². The molecule has 568 valence electrons. The molecular weight excluding hydrogens is 1280 g/mol. The summed E-state index contributed by atoms with van der Waals surface area (Å²) in [5.41, 5.74) is 0. The smallest absolute Gasteiger partial charge is 0.462 e. The second-order valence-electron chi connectivity index (χ2n) is 25.9. The Labute approximate surface area is 595 Å². The standard InChI is InChI=1S/C79H140O17P2/c1-5-9-13-17-21-25-29-33-34-35-36-37-38-42-44-48-52-56-60-64-77(82)90-70-75(96-79(84)66-62-58-54-50-46-41-32-28-24-20-16-12-8-4)72-94-98(87,88)92-68-73(80)67-91-97(85,86)93-71-74(95-78(83)65-61-57-53-49-45-40-31-27-23-19-15-11-7-3)69-89-76(81)63-59-55-51-47-43-39-30-26-22-18-14-10-6-2/h21,25-27,30-31,33-34,36-37,42,44,52,56,73-75,80H,5-20,22-24,28-29,32,35,38-41,43,45-51,53-55,57-72H2,1-4H3,(H,85,86)(H,87,88)/b25-21-,30-26-,31-27-,34-33-,37-36-,44-42-,56-52-/t73-,74+,75+/m0/s1. The third kappa shape index (κ3) is 70.7. The monoisotopic (exact) mass is 1420 g/mol. The lowest BCUT2D eigenvalue weighted by atomic mass is 10.0. The van der Waals surface area contributed by atoms with Gasteiger partial charge in [-0.2, -0.15) is 0 Å². The van der Waals surface area contributed by atoms with Gasteiger partial charge in [0.1, 0.15) is 19.3 Å². The molecular formula is C79H140O17P2. The second-order valence-corrected chi connectivity index (χ2v) is 28.9. The van der Waals surface area contributed by atoms with Crippen LogP contribution >= 0.6 is 15.6 Å². The molecule has 98 heavy (non-hydrogen) atoms. The molecule has 0 aliphatic carbocycles. The molecule has 0 fully saturated rings. The van der Waals surface area contributed by atoms with Gasteiger partial charge < -0.3 is 33.8 Å².